The summed E-state index contributed by atoms with van der Waals surface area (Å²) in [7, 11) is 1.53. The third-order valence-corrected chi connectivity index (χ3v) is 4.95. The largest absolute Gasteiger partial charge is 0.491 e. The fourth-order valence-electron chi connectivity index (χ4n) is 3.07. The molecule has 0 bridgehead atoms. The Hall–Kier alpha value is -3.32. The summed E-state index contributed by atoms with van der Waals surface area (Å²) in [6.07, 6.45) is 3.09. The van der Waals surface area contributed by atoms with Crippen LogP contribution >= 0.6 is 11.6 Å². The first-order chi connectivity index (χ1) is 15.3. The van der Waals surface area contributed by atoms with Gasteiger partial charge in [0.05, 0.1) is 30.0 Å². The molecule has 0 fully saturated rings. The number of halogens is 1. The third kappa shape index (κ3) is 5.29. The number of aryl methyl sites for hydroxylation is 1. The highest BCUT2D eigenvalue weighted by Crippen LogP contribution is 2.37. The van der Waals surface area contributed by atoms with Crippen molar-refractivity contribution < 1.29 is 18.8 Å². The van der Waals surface area contributed by atoms with Gasteiger partial charge < -0.3 is 19.3 Å². The van der Waals surface area contributed by atoms with Crippen molar-refractivity contribution in [1.82, 2.24) is 10.1 Å². The van der Waals surface area contributed by atoms with E-state index < -0.39 is 0 Å². The van der Waals surface area contributed by atoms with Gasteiger partial charge >= 0.3 is 0 Å². The van der Waals surface area contributed by atoms with E-state index in [2.05, 4.69) is 15.5 Å². The van der Waals surface area contributed by atoms with Crippen LogP contribution in [0.1, 0.15) is 43.6 Å². The van der Waals surface area contributed by atoms with E-state index in [1.54, 1.807) is 18.2 Å². The lowest BCUT2D eigenvalue weighted by atomic mass is 10.1. The number of hydrogen-bond acceptors (Lipinski definition) is 6. The smallest absolute Gasteiger partial charge is 0.260 e. The molecule has 0 saturated carbocycles. The van der Waals surface area contributed by atoms with E-state index in [-0.39, 0.29) is 11.8 Å². The first kappa shape index (κ1) is 23.3. The summed E-state index contributed by atoms with van der Waals surface area (Å²) < 4.78 is 16.3. The summed E-state index contributed by atoms with van der Waals surface area (Å²) in [6.45, 7) is 8.21. The molecule has 0 aliphatic carbocycles. The van der Waals surface area contributed by atoms with Gasteiger partial charge in [-0.3, -0.25) is 4.79 Å². The van der Waals surface area contributed by atoms with E-state index in [0.29, 0.717) is 51.7 Å². The van der Waals surface area contributed by atoms with Gasteiger partial charge in [0.25, 0.3) is 5.89 Å². The highest BCUT2D eigenvalue weighted by Gasteiger charge is 2.17. The number of methoxy groups -OCH3 is 1. The molecule has 1 N–H and O–H groups in total. The molecule has 8 heteroatoms. The number of carbonyl (C=O) groups excluding carboxylic acids is 1. The van der Waals surface area contributed by atoms with Crippen LogP contribution in [0, 0.1) is 6.92 Å². The van der Waals surface area contributed by atoms with Crippen molar-refractivity contribution >= 4 is 29.3 Å². The van der Waals surface area contributed by atoms with Crippen molar-refractivity contribution in [3.63, 3.8) is 0 Å². The van der Waals surface area contributed by atoms with Crippen molar-refractivity contribution in [2.75, 3.05) is 19.0 Å². The number of benzene rings is 2. The molecule has 0 unspecified atom stereocenters. The number of nitrogens with one attached hydrogen (secondary N) is 1. The van der Waals surface area contributed by atoms with Crippen LogP contribution in [0.25, 0.3) is 17.5 Å². The summed E-state index contributed by atoms with van der Waals surface area (Å²) in [5.74, 6) is 1.77. The number of hydrogen-bond donors (Lipinski definition) is 1. The normalized spacial score (nSPS) is 11.2. The van der Waals surface area contributed by atoms with Crippen LogP contribution in [0.15, 0.2) is 40.9 Å². The Balaban J connectivity index is 1.84. The number of rotatable bonds is 8. The Morgan fingerprint density at radius 1 is 1.31 bits per heavy atom. The molecule has 1 aromatic heterocycles. The van der Waals surface area contributed by atoms with Gasteiger partial charge in [0, 0.05) is 12.0 Å². The SMILES string of the molecule is CCOc1cc(/C=C/C(=O)Nc2c(C)cccc2-c2nc(C(C)C)no2)cc(Cl)c1OC. The zero-order valence-corrected chi connectivity index (χ0v) is 19.5. The zero-order valence-electron chi connectivity index (χ0n) is 18.7. The molecule has 7 nitrogen and oxygen atoms in total. The quantitative estimate of drug-likeness (QED) is 0.427. The van der Waals surface area contributed by atoms with Gasteiger partial charge in [-0.15, -0.1) is 0 Å². The lowest BCUT2D eigenvalue weighted by molar-refractivity contribution is -0.111. The summed E-state index contributed by atoms with van der Waals surface area (Å²) in [5, 5.41) is 7.34. The van der Waals surface area contributed by atoms with Gasteiger partial charge in [0.15, 0.2) is 17.3 Å². The summed E-state index contributed by atoms with van der Waals surface area (Å²) in [6, 6.07) is 9.09. The van der Waals surface area contributed by atoms with Crippen molar-refractivity contribution in [3.05, 3.63) is 58.4 Å². The average molecular weight is 456 g/mol. The number of amides is 1. The van der Waals surface area contributed by atoms with Crippen LogP contribution in [-0.4, -0.2) is 29.8 Å². The van der Waals surface area contributed by atoms with Crippen molar-refractivity contribution in [3.8, 4) is 23.0 Å². The number of para-hydroxylation sites is 1. The molecule has 0 aliphatic rings. The molecule has 2 aromatic carbocycles. The number of nitrogens with zero attached hydrogens (tertiary/aromatic N) is 2. The predicted octanol–water partition coefficient (Wildman–Crippen LogP) is 5.88. The molecular weight excluding hydrogens is 430 g/mol. The maximum absolute atomic E-state index is 12.7. The van der Waals surface area contributed by atoms with Gasteiger partial charge in [-0.05, 0) is 49.2 Å². The van der Waals surface area contributed by atoms with Crippen molar-refractivity contribution in [2.45, 2.75) is 33.6 Å². The molecule has 0 radical (unpaired) electrons. The fourth-order valence-corrected chi connectivity index (χ4v) is 3.37. The number of anilines is 1. The van der Waals surface area contributed by atoms with Crippen LogP contribution in [-0.2, 0) is 4.79 Å². The fraction of sp³-hybridized carbons (Fsp3) is 0.292. The van der Waals surface area contributed by atoms with Gasteiger partial charge in [-0.25, -0.2) is 0 Å². The van der Waals surface area contributed by atoms with Crippen LogP contribution in [0.3, 0.4) is 0 Å². The van der Waals surface area contributed by atoms with Crippen molar-refractivity contribution in [1.29, 1.82) is 0 Å². The minimum absolute atomic E-state index is 0.135. The first-order valence-corrected chi connectivity index (χ1v) is 10.6. The standard InChI is InChI=1S/C24H26ClN3O4/c1-6-31-19-13-16(12-18(25)22(19)30-5)10-11-20(29)26-21-15(4)8-7-9-17(21)24-27-23(14(2)3)28-32-24/h7-14H,6H2,1-5H3,(H,26,29)/b11-10+. The second-order valence-electron chi connectivity index (χ2n) is 7.40. The van der Waals surface area contributed by atoms with Gasteiger partial charge in [-0.1, -0.05) is 42.7 Å². The predicted molar refractivity (Wildman–Crippen MR) is 125 cm³/mol. The molecule has 0 aliphatic heterocycles. The average Bonchev–Trinajstić information content (AvgIpc) is 3.24. The highest BCUT2D eigenvalue weighted by atomic mass is 35.5. The Morgan fingerprint density at radius 3 is 2.75 bits per heavy atom. The summed E-state index contributed by atoms with van der Waals surface area (Å²) in [5.41, 5.74) is 2.86. The van der Waals surface area contributed by atoms with Crippen LogP contribution in [0.2, 0.25) is 5.02 Å². The van der Waals surface area contributed by atoms with E-state index >= 15 is 0 Å². The Bertz CT molecular complexity index is 1140. The molecule has 0 spiro atoms. The van der Waals surface area contributed by atoms with E-state index in [4.69, 9.17) is 25.6 Å². The Kier molecular flexibility index (Phi) is 7.53. The van der Waals surface area contributed by atoms with Crippen molar-refractivity contribution in [2.24, 2.45) is 0 Å². The highest BCUT2D eigenvalue weighted by molar-refractivity contribution is 6.32. The molecule has 1 heterocycles. The topological polar surface area (TPSA) is 86.5 Å². The molecule has 168 valence electrons. The molecule has 0 saturated heterocycles. The third-order valence-electron chi connectivity index (χ3n) is 4.67. The lowest BCUT2D eigenvalue weighted by Gasteiger charge is -2.12. The summed E-state index contributed by atoms with van der Waals surface area (Å²) >= 11 is 6.29. The maximum Gasteiger partial charge on any atom is 0.260 e. The zero-order chi connectivity index (χ0) is 23.3. The van der Waals surface area contributed by atoms with E-state index in [1.807, 2.05) is 45.9 Å². The van der Waals surface area contributed by atoms with E-state index in [0.717, 1.165) is 5.56 Å². The van der Waals surface area contributed by atoms with Crippen LogP contribution in [0.5, 0.6) is 11.5 Å². The number of carbonyl (C=O) groups is 1. The Labute approximate surface area is 192 Å². The van der Waals surface area contributed by atoms with Crippen LogP contribution < -0.4 is 14.8 Å². The van der Waals surface area contributed by atoms with Gasteiger partial charge in [0.2, 0.25) is 5.91 Å². The second-order valence-corrected chi connectivity index (χ2v) is 7.81. The van der Waals surface area contributed by atoms with Gasteiger partial charge in [0.1, 0.15) is 0 Å². The molecule has 3 rings (SSSR count). The maximum atomic E-state index is 12.7. The van der Waals surface area contributed by atoms with Gasteiger partial charge in [-0.2, -0.15) is 4.98 Å². The molecule has 0 atom stereocenters. The lowest BCUT2D eigenvalue weighted by Crippen LogP contribution is -2.10. The van der Waals surface area contributed by atoms with E-state index in [1.165, 1.54) is 13.2 Å². The van der Waals surface area contributed by atoms with E-state index in [9.17, 15) is 4.79 Å². The van der Waals surface area contributed by atoms with Crippen LogP contribution in [0.4, 0.5) is 5.69 Å². The molecule has 32 heavy (non-hydrogen) atoms. The summed E-state index contributed by atoms with van der Waals surface area (Å²) in [4.78, 5) is 17.1. The molecular formula is C24H26ClN3O4. The minimum atomic E-state index is -0.311. The second kappa shape index (κ2) is 10.3. The number of ether oxygens (including phenoxy) is 2. The minimum Gasteiger partial charge on any atom is -0.491 e. The first-order valence-electron chi connectivity index (χ1n) is 10.3. The molecule has 1 amide bonds. The Morgan fingerprint density at radius 2 is 2.09 bits per heavy atom. The molecule has 3 aromatic rings. The monoisotopic (exact) mass is 455 g/mol. The number of aromatic nitrogens is 2.